The molecule has 1 rings (SSSR count). The Balaban J connectivity index is 2.74. The van der Waals surface area contributed by atoms with Crippen LogP contribution in [-0.2, 0) is 6.54 Å². The number of carbonyl (C=O) groups excluding carboxylic acids is 1. The summed E-state index contributed by atoms with van der Waals surface area (Å²) in [5.74, 6) is 1.01. The number of hydrogen-bond donors (Lipinski definition) is 1. The third kappa shape index (κ3) is 3.75. The van der Waals surface area contributed by atoms with Crippen molar-refractivity contribution < 1.29 is 4.79 Å². The molecular formula is C13H20N2OS. The van der Waals surface area contributed by atoms with E-state index < -0.39 is 0 Å². The quantitative estimate of drug-likeness (QED) is 0.871. The van der Waals surface area contributed by atoms with Crippen molar-refractivity contribution in [2.75, 3.05) is 19.1 Å². The van der Waals surface area contributed by atoms with Gasteiger partial charge in [-0.15, -0.1) is 0 Å². The lowest BCUT2D eigenvalue weighted by atomic mass is 10.1. The molecule has 1 unspecified atom stereocenters. The summed E-state index contributed by atoms with van der Waals surface area (Å²) in [7, 11) is 1.85. The van der Waals surface area contributed by atoms with Gasteiger partial charge in [0.1, 0.15) is 0 Å². The number of nitrogens with zero attached hydrogens (tertiary/aromatic N) is 1. The summed E-state index contributed by atoms with van der Waals surface area (Å²) < 4.78 is 0. The van der Waals surface area contributed by atoms with Crippen LogP contribution in [-0.4, -0.2) is 35.9 Å². The highest BCUT2D eigenvalue weighted by atomic mass is 32.2. The van der Waals surface area contributed by atoms with Gasteiger partial charge in [0.2, 0.25) is 0 Å². The lowest BCUT2D eigenvalue weighted by Gasteiger charge is -2.24. The number of carbonyl (C=O) groups is 1. The van der Waals surface area contributed by atoms with E-state index in [-0.39, 0.29) is 11.9 Å². The highest BCUT2D eigenvalue weighted by Gasteiger charge is 2.16. The minimum absolute atomic E-state index is 0.0649. The summed E-state index contributed by atoms with van der Waals surface area (Å²) >= 11 is 1.75. The Morgan fingerprint density at radius 2 is 2.00 bits per heavy atom. The van der Waals surface area contributed by atoms with Crippen LogP contribution in [0.15, 0.2) is 24.3 Å². The van der Waals surface area contributed by atoms with E-state index in [4.69, 9.17) is 5.73 Å². The molecule has 0 aliphatic carbocycles. The van der Waals surface area contributed by atoms with Crippen LogP contribution in [0.2, 0.25) is 0 Å². The Labute approximate surface area is 107 Å². The van der Waals surface area contributed by atoms with Gasteiger partial charge in [-0.3, -0.25) is 4.79 Å². The van der Waals surface area contributed by atoms with Gasteiger partial charge in [0.25, 0.3) is 5.91 Å². The molecule has 3 nitrogen and oxygen atoms in total. The summed E-state index contributed by atoms with van der Waals surface area (Å²) in [5.41, 5.74) is 7.29. The Kier molecular flexibility index (Phi) is 5.51. The molecule has 94 valence electrons. The maximum absolute atomic E-state index is 12.1. The molecule has 1 aromatic carbocycles. The first kappa shape index (κ1) is 14.1. The topological polar surface area (TPSA) is 46.3 Å². The van der Waals surface area contributed by atoms with E-state index in [1.807, 2.05) is 37.6 Å². The van der Waals surface area contributed by atoms with Crippen molar-refractivity contribution in [3.05, 3.63) is 35.4 Å². The summed E-state index contributed by atoms with van der Waals surface area (Å²) in [4.78, 5) is 13.9. The third-order valence-electron chi connectivity index (χ3n) is 2.83. The van der Waals surface area contributed by atoms with E-state index in [0.29, 0.717) is 6.54 Å². The molecule has 1 amide bonds. The molecule has 0 radical (unpaired) electrons. The molecule has 4 heteroatoms. The standard InChI is InChI=1S/C13H20N2OS/c1-10(9-17-3)15(2)13(16)12-6-4-11(8-14)5-7-12/h4-7,10H,8-9,14H2,1-3H3. The van der Waals surface area contributed by atoms with E-state index in [1.54, 1.807) is 16.7 Å². The fourth-order valence-corrected chi connectivity index (χ4v) is 2.25. The van der Waals surface area contributed by atoms with Gasteiger partial charge < -0.3 is 10.6 Å². The van der Waals surface area contributed by atoms with Crippen LogP contribution in [0.5, 0.6) is 0 Å². The van der Waals surface area contributed by atoms with Crippen molar-refractivity contribution >= 4 is 17.7 Å². The molecule has 0 aliphatic rings. The maximum atomic E-state index is 12.1. The Hall–Kier alpha value is -1.00. The normalized spacial score (nSPS) is 12.2. The lowest BCUT2D eigenvalue weighted by Crippen LogP contribution is -2.36. The largest absolute Gasteiger partial charge is 0.338 e. The number of rotatable bonds is 5. The second kappa shape index (κ2) is 6.67. The Morgan fingerprint density at radius 1 is 1.41 bits per heavy atom. The van der Waals surface area contributed by atoms with Crippen LogP contribution in [0, 0.1) is 0 Å². The highest BCUT2D eigenvalue weighted by molar-refractivity contribution is 7.98. The second-order valence-corrected chi connectivity index (χ2v) is 5.03. The zero-order valence-electron chi connectivity index (χ0n) is 10.6. The van der Waals surface area contributed by atoms with Gasteiger partial charge in [0, 0.05) is 31.0 Å². The predicted molar refractivity (Wildman–Crippen MR) is 74.3 cm³/mol. The summed E-state index contributed by atoms with van der Waals surface area (Å²) in [6.45, 7) is 2.57. The number of nitrogens with two attached hydrogens (primary N) is 1. The second-order valence-electron chi connectivity index (χ2n) is 4.12. The molecule has 2 N–H and O–H groups in total. The number of benzene rings is 1. The monoisotopic (exact) mass is 252 g/mol. The van der Waals surface area contributed by atoms with Crippen LogP contribution < -0.4 is 5.73 Å². The minimum Gasteiger partial charge on any atom is -0.338 e. The molecule has 0 bridgehead atoms. The first-order chi connectivity index (χ1) is 8.10. The molecule has 17 heavy (non-hydrogen) atoms. The first-order valence-corrected chi connectivity index (χ1v) is 7.04. The van der Waals surface area contributed by atoms with Gasteiger partial charge in [0.15, 0.2) is 0 Å². The van der Waals surface area contributed by atoms with Crippen LogP contribution in [0.3, 0.4) is 0 Å². The van der Waals surface area contributed by atoms with Gasteiger partial charge in [-0.2, -0.15) is 11.8 Å². The average Bonchev–Trinajstić information content (AvgIpc) is 2.37. The van der Waals surface area contributed by atoms with Gasteiger partial charge in [0.05, 0.1) is 0 Å². The van der Waals surface area contributed by atoms with Crippen molar-refractivity contribution in [3.8, 4) is 0 Å². The molecule has 0 saturated heterocycles. The van der Waals surface area contributed by atoms with Crippen LogP contribution in [0.4, 0.5) is 0 Å². The maximum Gasteiger partial charge on any atom is 0.253 e. The molecule has 0 heterocycles. The van der Waals surface area contributed by atoms with E-state index >= 15 is 0 Å². The predicted octanol–water partition coefficient (Wildman–Crippen LogP) is 1.97. The molecule has 0 aliphatic heterocycles. The fourth-order valence-electron chi connectivity index (χ4n) is 1.54. The van der Waals surface area contributed by atoms with Crippen LogP contribution in [0.1, 0.15) is 22.8 Å². The van der Waals surface area contributed by atoms with Crippen molar-refractivity contribution in [2.45, 2.75) is 19.5 Å². The third-order valence-corrected chi connectivity index (χ3v) is 3.64. The van der Waals surface area contributed by atoms with Crippen molar-refractivity contribution in [2.24, 2.45) is 5.73 Å². The van der Waals surface area contributed by atoms with E-state index in [1.165, 1.54) is 0 Å². The highest BCUT2D eigenvalue weighted by Crippen LogP contribution is 2.10. The Bertz CT molecular complexity index is 364. The molecule has 1 aromatic rings. The summed E-state index contributed by atoms with van der Waals surface area (Å²) in [6, 6.07) is 7.73. The summed E-state index contributed by atoms with van der Waals surface area (Å²) in [5, 5.41) is 0. The van der Waals surface area contributed by atoms with E-state index in [0.717, 1.165) is 16.9 Å². The minimum atomic E-state index is 0.0649. The van der Waals surface area contributed by atoms with E-state index in [9.17, 15) is 4.79 Å². The van der Waals surface area contributed by atoms with Crippen molar-refractivity contribution in [1.29, 1.82) is 0 Å². The molecule has 1 atom stereocenters. The molecular weight excluding hydrogens is 232 g/mol. The number of hydrogen-bond acceptors (Lipinski definition) is 3. The molecule has 0 fully saturated rings. The average molecular weight is 252 g/mol. The van der Waals surface area contributed by atoms with Gasteiger partial charge in [-0.05, 0) is 30.9 Å². The van der Waals surface area contributed by atoms with E-state index in [2.05, 4.69) is 6.92 Å². The number of thioether (sulfide) groups is 1. The smallest absolute Gasteiger partial charge is 0.253 e. The first-order valence-electron chi connectivity index (χ1n) is 5.65. The van der Waals surface area contributed by atoms with Gasteiger partial charge >= 0.3 is 0 Å². The molecule has 0 saturated carbocycles. The van der Waals surface area contributed by atoms with Crippen LogP contribution in [0.25, 0.3) is 0 Å². The lowest BCUT2D eigenvalue weighted by molar-refractivity contribution is 0.0757. The van der Waals surface area contributed by atoms with Crippen molar-refractivity contribution in [1.82, 2.24) is 4.90 Å². The molecule has 0 spiro atoms. The summed E-state index contributed by atoms with van der Waals surface area (Å²) in [6.07, 6.45) is 2.05. The van der Waals surface area contributed by atoms with Crippen LogP contribution >= 0.6 is 11.8 Å². The zero-order valence-corrected chi connectivity index (χ0v) is 11.5. The molecule has 0 aromatic heterocycles. The number of amides is 1. The zero-order chi connectivity index (χ0) is 12.8. The van der Waals surface area contributed by atoms with Gasteiger partial charge in [-0.25, -0.2) is 0 Å². The SMILES string of the molecule is CSCC(C)N(C)C(=O)c1ccc(CN)cc1. The van der Waals surface area contributed by atoms with Gasteiger partial charge in [-0.1, -0.05) is 12.1 Å². The van der Waals surface area contributed by atoms with Crippen molar-refractivity contribution in [3.63, 3.8) is 0 Å². The Morgan fingerprint density at radius 3 is 2.47 bits per heavy atom. The fraction of sp³-hybridized carbons (Fsp3) is 0.462.